The second-order valence-electron chi connectivity index (χ2n) is 12.3. The molecule has 0 N–H and O–H groups in total. The summed E-state index contributed by atoms with van der Waals surface area (Å²) in [6.07, 6.45) is 5.40. The maximum absolute atomic E-state index is 6.43. The van der Waals surface area contributed by atoms with Gasteiger partial charge in [-0.3, -0.25) is 0 Å². The molecule has 2 heterocycles. The van der Waals surface area contributed by atoms with Crippen LogP contribution < -0.4 is 10.4 Å². The fraction of sp³-hybridized carbons (Fsp3) is 0.0714. The average molecular weight is 592 g/mol. The molecule has 0 fully saturated rings. The number of nitrogens with zero attached hydrogens (tertiary/aromatic N) is 3. The molecule has 1 unspecified atom stereocenters. The Balaban J connectivity index is 1.28. The number of hydrogen-bond acceptors (Lipinski definition) is 4. The Kier molecular flexibility index (Phi) is 5.97. The minimum Gasteiger partial charge on any atom is -0.456 e. The third-order valence-electron chi connectivity index (χ3n) is 9.23. The van der Waals surface area contributed by atoms with Crippen molar-refractivity contribution < 1.29 is 4.42 Å². The molecule has 46 heavy (non-hydrogen) atoms. The maximum atomic E-state index is 6.43. The molecule has 0 aliphatic heterocycles. The van der Waals surface area contributed by atoms with E-state index in [0.717, 1.165) is 50.9 Å². The van der Waals surface area contributed by atoms with E-state index in [9.17, 15) is 0 Å². The zero-order valence-electron chi connectivity index (χ0n) is 25.3. The van der Waals surface area contributed by atoms with Crippen LogP contribution in [0.3, 0.4) is 0 Å². The van der Waals surface area contributed by atoms with Gasteiger partial charge in [0.1, 0.15) is 17.0 Å². The lowest BCUT2D eigenvalue weighted by molar-refractivity contribution is 0.600. The molecule has 8 aromatic rings. The summed E-state index contributed by atoms with van der Waals surface area (Å²) < 4.78 is 6.43. The van der Waals surface area contributed by atoms with Crippen LogP contribution in [0.25, 0.3) is 78.8 Å². The molecule has 6 aromatic carbocycles. The lowest BCUT2D eigenvalue weighted by Gasteiger charge is -2.26. The summed E-state index contributed by atoms with van der Waals surface area (Å²) in [6, 6.07) is 46.3. The van der Waals surface area contributed by atoms with E-state index >= 15 is 0 Å². The fourth-order valence-electron chi connectivity index (χ4n) is 6.83. The summed E-state index contributed by atoms with van der Waals surface area (Å²) in [5, 5.41) is 6.93. The Hall–Kier alpha value is -5.87. The molecule has 0 spiro atoms. The second kappa shape index (κ2) is 10.4. The Morgan fingerprint density at radius 2 is 1.30 bits per heavy atom. The molecule has 0 bridgehead atoms. The molecule has 1 atom stereocenters. The van der Waals surface area contributed by atoms with E-state index in [0.29, 0.717) is 11.6 Å². The largest absolute Gasteiger partial charge is 0.456 e. The Morgan fingerprint density at radius 1 is 0.565 bits per heavy atom. The van der Waals surface area contributed by atoms with Gasteiger partial charge in [0, 0.05) is 27.3 Å². The first-order chi connectivity index (χ1) is 22.6. The average Bonchev–Trinajstić information content (AvgIpc) is 3.50. The van der Waals surface area contributed by atoms with Crippen LogP contribution in [0.4, 0.5) is 0 Å². The van der Waals surface area contributed by atoms with Crippen molar-refractivity contribution >= 4 is 44.9 Å². The predicted molar refractivity (Wildman–Crippen MR) is 188 cm³/mol. The standard InChI is InChI=1S/C42H29N3O/c1-42(24-23-27-11-5-6-15-31(27)26-42)41-44-39(29-13-3-2-4-14-29)43-40(45-41)34-19-10-20-37-38(34)35-25-30(21-22-36(35)46-37)33-18-9-16-28-12-7-8-17-32(28)33/h2-23,25-26H,24H2,1H3. The van der Waals surface area contributed by atoms with Gasteiger partial charge in [-0.15, -0.1) is 0 Å². The molecular formula is C42H29N3O. The number of furan rings is 1. The van der Waals surface area contributed by atoms with Gasteiger partial charge >= 0.3 is 0 Å². The van der Waals surface area contributed by atoms with Gasteiger partial charge in [-0.25, -0.2) is 15.0 Å². The van der Waals surface area contributed by atoms with Crippen LogP contribution in [-0.2, 0) is 5.41 Å². The predicted octanol–water partition coefficient (Wildman–Crippen LogP) is 8.85. The molecule has 0 saturated heterocycles. The van der Waals surface area contributed by atoms with Crippen molar-refractivity contribution in [2.75, 3.05) is 0 Å². The van der Waals surface area contributed by atoms with Crippen molar-refractivity contribution in [1.29, 1.82) is 0 Å². The smallest absolute Gasteiger partial charge is 0.164 e. The molecule has 9 rings (SSSR count). The first-order valence-corrected chi connectivity index (χ1v) is 15.7. The van der Waals surface area contributed by atoms with Crippen molar-refractivity contribution in [3.8, 4) is 33.9 Å². The summed E-state index contributed by atoms with van der Waals surface area (Å²) in [5.74, 6) is 2.06. The van der Waals surface area contributed by atoms with E-state index in [1.54, 1.807) is 0 Å². The van der Waals surface area contributed by atoms with Crippen molar-refractivity contribution in [3.05, 3.63) is 150 Å². The zero-order valence-corrected chi connectivity index (χ0v) is 25.3. The monoisotopic (exact) mass is 591 g/mol. The molecule has 4 nitrogen and oxygen atoms in total. The summed E-state index contributed by atoms with van der Waals surface area (Å²) in [7, 11) is 0. The van der Waals surface area contributed by atoms with Crippen molar-refractivity contribution in [2.45, 2.75) is 18.8 Å². The van der Waals surface area contributed by atoms with Crippen LogP contribution in [0.15, 0.2) is 138 Å². The van der Waals surface area contributed by atoms with E-state index in [2.05, 4.69) is 122 Å². The van der Waals surface area contributed by atoms with Gasteiger partial charge in [-0.2, -0.15) is 0 Å². The van der Waals surface area contributed by atoms with Crippen LogP contribution in [0.1, 0.15) is 19.2 Å². The fourth-order valence-corrected chi connectivity index (χ4v) is 6.83. The van der Waals surface area contributed by atoms with Gasteiger partial charge in [0.25, 0.3) is 0 Å². The quantitative estimate of drug-likeness (QED) is 0.205. The Morgan fingerprint density at radius 3 is 2.22 bits per heavy atom. The van der Waals surface area contributed by atoms with Crippen LogP contribution in [0.2, 0.25) is 0 Å². The topological polar surface area (TPSA) is 51.8 Å². The van der Waals surface area contributed by atoms with Crippen molar-refractivity contribution in [2.24, 2.45) is 0 Å². The van der Waals surface area contributed by atoms with E-state index in [1.807, 2.05) is 30.3 Å². The van der Waals surface area contributed by atoms with Gasteiger partial charge in [-0.1, -0.05) is 127 Å². The molecule has 2 aromatic heterocycles. The van der Waals surface area contributed by atoms with Gasteiger partial charge in [0.05, 0.1) is 0 Å². The normalized spacial score (nSPS) is 15.8. The zero-order chi connectivity index (χ0) is 30.7. The Bertz CT molecular complexity index is 2580. The minimum atomic E-state index is -0.399. The van der Waals surface area contributed by atoms with E-state index in [1.165, 1.54) is 26.8 Å². The highest BCUT2D eigenvalue weighted by atomic mass is 16.3. The molecular weight excluding hydrogens is 562 g/mol. The third kappa shape index (κ3) is 4.33. The van der Waals surface area contributed by atoms with Crippen LogP contribution in [-0.4, -0.2) is 15.0 Å². The van der Waals surface area contributed by atoms with Gasteiger partial charge in [0.2, 0.25) is 0 Å². The van der Waals surface area contributed by atoms with Crippen molar-refractivity contribution in [1.82, 2.24) is 15.0 Å². The van der Waals surface area contributed by atoms with E-state index in [4.69, 9.17) is 19.4 Å². The number of fused-ring (bicyclic) bond motifs is 5. The van der Waals surface area contributed by atoms with Gasteiger partial charge in [0.15, 0.2) is 11.6 Å². The minimum absolute atomic E-state index is 0.399. The van der Waals surface area contributed by atoms with Crippen LogP contribution >= 0.6 is 0 Å². The molecule has 218 valence electrons. The Labute approximate surface area is 266 Å². The third-order valence-corrected chi connectivity index (χ3v) is 9.23. The molecule has 0 radical (unpaired) electrons. The molecule has 0 amide bonds. The molecule has 4 heteroatoms. The maximum Gasteiger partial charge on any atom is 0.164 e. The second-order valence-corrected chi connectivity index (χ2v) is 12.3. The van der Waals surface area contributed by atoms with Crippen LogP contribution in [0.5, 0.6) is 0 Å². The van der Waals surface area contributed by atoms with E-state index in [-0.39, 0.29) is 0 Å². The lowest BCUT2D eigenvalue weighted by atomic mass is 9.81. The summed E-state index contributed by atoms with van der Waals surface area (Å²) in [5.41, 5.74) is 5.46. The first kappa shape index (κ1) is 26.5. The number of benzene rings is 6. The highest BCUT2D eigenvalue weighted by molar-refractivity contribution is 6.13. The SMILES string of the molecule is CC1(c2nc(-c3ccccc3)nc(-c3cccc4oc5ccc(-c6cccc7ccccc67)cc5c34)n2)C=c2ccccc2=CC1. The first-order valence-electron chi connectivity index (χ1n) is 15.7. The summed E-state index contributed by atoms with van der Waals surface area (Å²) in [4.78, 5) is 15.5. The highest BCUT2D eigenvalue weighted by Crippen LogP contribution is 2.40. The highest BCUT2D eigenvalue weighted by Gasteiger charge is 2.30. The van der Waals surface area contributed by atoms with E-state index < -0.39 is 5.41 Å². The number of rotatable bonds is 4. The van der Waals surface area contributed by atoms with Gasteiger partial charge < -0.3 is 4.42 Å². The number of hydrogen-bond donors (Lipinski definition) is 0. The van der Waals surface area contributed by atoms with Crippen molar-refractivity contribution in [3.63, 3.8) is 0 Å². The number of aromatic nitrogens is 3. The summed E-state index contributed by atoms with van der Waals surface area (Å²) in [6.45, 7) is 2.22. The van der Waals surface area contributed by atoms with Gasteiger partial charge in [-0.05, 0) is 63.9 Å². The molecule has 1 aliphatic rings. The molecule has 0 saturated carbocycles. The molecule has 1 aliphatic carbocycles. The summed E-state index contributed by atoms with van der Waals surface area (Å²) >= 11 is 0. The lowest BCUT2D eigenvalue weighted by Crippen LogP contribution is -2.35. The van der Waals surface area contributed by atoms with Crippen LogP contribution in [0, 0.1) is 0 Å².